The van der Waals surface area contributed by atoms with Crippen LogP contribution in [0, 0.1) is 0 Å². The van der Waals surface area contributed by atoms with Crippen molar-refractivity contribution < 1.29 is 39.8 Å². The van der Waals surface area contributed by atoms with Gasteiger partial charge in [-0.05, 0) is 83.5 Å². The number of aliphatic hydroxyl groups is 5. The summed E-state index contributed by atoms with van der Waals surface area (Å²) in [6.45, 7) is 3.61. The molecule has 9 heteroatoms. The number of rotatable bonds is 43. The fourth-order valence-electron chi connectivity index (χ4n) is 7.63. The van der Waals surface area contributed by atoms with Gasteiger partial charge >= 0.3 is 0 Å². The Morgan fingerprint density at radius 1 is 0.522 bits per heavy atom. The van der Waals surface area contributed by atoms with Crippen molar-refractivity contribution in [1.82, 2.24) is 5.32 Å². The van der Waals surface area contributed by atoms with Gasteiger partial charge in [0.1, 0.15) is 24.4 Å². The zero-order chi connectivity index (χ0) is 48.7. The highest BCUT2D eigenvalue weighted by Gasteiger charge is 2.44. The molecule has 0 radical (unpaired) electrons. The van der Waals surface area contributed by atoms with Crippen LogP contribution in [0.1, 0.15) is 194 Å². The van der Waals surface area contributed by atoms with E-state index in [1.54, 1.807) is 6.08 Å². The second-order valence-corrected chi connectivity index (χ2v) is 17.9. The monoisotopic (exact) mass is 936 g/mol. The third-order valence-corrected chi connectivity index (χ3v) is 11.8. The van der Waals surface area contributed by atoms with Gasteiger partial charge in [-0.2, -0.15) is 0 Å². The molecule has 0 bridgehead atoms. The summed E-state index contributed by atoms with van der Waals surface area (Å²) in [4.78, 5) is 13.0. The topological polar surface area (TPSA) is 149 Å². The number of ether oxygens (including phenoxy) is 2. The summed E-state index contributed by atoms with van der Waals surface area (Å²) in [5.41, 5.74) is 0. The number of carbonyl (C=O) groups excluding carboxylic acids is 1. The lowest BCUT2D eigenvalue weighted by Gasteiger charge is -2.40. The molecule has 382 valence electrons. The lowest BCUT2D eigenvalue weighted by atomic mass is 9.99. The Labute approximate surface area is 408 Å². The van der Waals surface area contributed by atoms with Gasteiger partial charge < -0.3 is 40.3 Å². The van der Waals surface area contributed by atoms with Crippen LogP contribution in [-0.4, -0.2) is 87.5 Å². The molecule has 1 aliphatic rings. The van der Waals surface area contributed by atoms with Crippen LogP contribution in [0.15, 0.2) is 109 Å². The smallest absolute Gasteiger partial charge is 0.220 e. The number of amides is 1. The van der Waals surface area contributed by atoms with Crippen LogP contribution in [0.25, 0.3) is 0 Å². The maximum Gasteiger partial charge on any atom is 0.220 e. The van der Waals surface area contributed by atoms with E-state index >= 15 is 0 Å². The Kier molecular flexibility index (Phi) is 43.0. The molecule has 7 atom stereocenters. The largest absolute Gasteiger partial charge is 0.394 e. The molecule has 1 saturated heterocycles. The van der Waals surface area contributed by atoms with Gasteiger partial charge in [-0.25, -0.2) is 0 Å². The van der Waals surface area contributed by atoms with E-state index in [2.05, 4.69) is 116 Å². The lowest BCUT2D eigenvalue weighted by molar-refractivity contribution is -0.302. The molecule has 1 aliphatic heterocycles. The van der Waals surface area contributed by atoms with E-state index in [9.17, 15) is 30.3 Å². The summed E-state index contributed by atoms with van der Waals surface area (Å²) in [5.74, 6) is -0.248. The average molecular weight is 936 g/mol. The van der Waals surface area contributed by atoms with Gasteiger partial charge in [0, 0.05) is 6.42 Å². The second kappa shape index (κ2) is 46.6. The minimum Gasteiger partial charge on any atom is -0.394 e. The normalized spacial score (nSPS) is 20.6. The van der Waals surface area contributed by atoms with Crippen molar-refractivity contribution in [2.75, 3.05) is 13.2 Å². The number of allylic oxidation sites excluding steroid dienone is 17. The van der Waals surface area contributed by atoms with Crippen molar-refractivity contribution in [3.63, 3.8) is 0 Å². The van der Waals surface area contributed by atoms with E-state index < -0.39 is 49.5 Å². The summed E-state index contributed by atoms with van der Waals surface area (Å²) in [7, 11) is 0. The van der Waals surface area contributed by atoms with Gasteiger partial charge in [-0.1, -0.05) is 213 Å². The highest BCUT2D eigenvalue weighted by Crippen LogP contribution is 2.22. The van der Waals surface area contributed by atoms with E-state index in [4.69, 9.17) is 9.47 Å². The number of carbonyl (C=O) groups is 1. The first kappa shape index (κ1) is 61.9. The molecule has 0 aliphatic carbocycles. The van der Waals surface area contributed by atoms with Crippen molar-refractivity contribution in [1.29, 1.82) is 0 Å². The third-order valence-electron chi connectivity index (χ3n) is 11.8. The van der Waals surface area contributed by atoms with Crippen molar-refractivity contribution in [2.24, 2.45) is 0 Å². The maximum absolute atomic E-state index is 13.0. The van der Waals surface area contributed by atoms with Gasteiger partial charge in [0.2, 0.25) is 5.91 Å². The first-order chi connectivity index (χ1) is 32.8. The molecule has 1 amide bonds. The van der Waals surface area contributed by atoms with E-state index in [1.165, 1.54) is 96.3 Å². The lowest BCUT2D eigenvalue weighted by Crippen LogP contribution is -2.60. The molecule has 67 heavy (non-hydrogen) atoms. The van der Waals surface area contributed by atoms with Gasteiger partial charge in [0.05, 0.1) is 25.4 Å². The molecule has 0 aromatic heterocycles. The third kappa shape index (κ3) is 36.5. The van der Waals surface area contributed by atoms with E-state index in [1.807, 2.05) is 6.08 Å². The molecule has 0 aromatic rings. The standard InChI is InChI=1S/C58H97NO8/c1-3-5-7-9-11-13-15-17-19-21-23-25-26-28-30-32-34-36-38-40-42-44-46-48-54(62)59-51(50-66-58-57(65)56(64)55(63)53(49-60)67-58)52(61)47-45-43-41-39-37-35-33-31-29-27-24-22-20-18-16-14-12-10-8-6-4-2/h5,7,11,13,17,19,23,25,28,30,34,36-37,39-40,42,45,47,51-53,55-58,60-61,63-65H,3-4,6,8-10,12,14-16,18,20-22,24,26-27,29,31-33,35,38,41,43-44,46,48-50H2,1-2H3,(H,59,62)/b7-5-,13-11-,19-17-,25-23-,30-28-,36-34-,39-37+,42-40-,47-45+. The summed E-state index contributed by atoms with van der Waals surface area (Å²) in [5, 5.41) is 54.3. The molecular formula is C58H97NO8. The van der Waals surface area contributed by atoms with E-state index in [-0.39, 0.29) is 18.9 Å². The van der Waals surface area contributed by atoms with Crippen molar-refractivity contribution >= 4 is 5.91 Å². The van der Waals surface area contributed by atoms with Crippen LogP contribution in [0.5, 0.6) is 0 Å². The van der Waals surface area contributed by atoms with Crippen LogP contribution < -0.4 is 5.32 Å². The molecule has 1 rings (SSSR count). The summed E-state index contributed by atoms with van der Waals surface area (Å²) in [6.07, 6.45) is 61.5. The fraction of sp³-hybridized carbons (Fsp3) is 0.672. The SMILES string of the molecule is CC/C=C\C/C=C\C/C=C\C/C=C\C/C=C\C/C=C\C/C=C\CCCC(=O)NC(COC1OC(CO)C(O)C(O)C1O)C(O)/C=C/CC/C=C/CCCCCCCCCCCCCCCCC. The van der Waals surface area contributed by atoms with Gasteiger partial charge in [0.15, 0.2) is 6.29 Å². The van der Waals surface area contributed by atoms with Gasteiger partial charge in [-0.15, -0.1) is 0 Å². The average Bonchev–Trinajstić information content (AvgIpc) is 3.33. The molecule has 0 saturated carbocycles. The zero-order valence-corrected chi connectivity index (χ0v) is 42.1. The Morgan fingerprint density at radius 2 is 0.940 bits per heavy atom. The first-order valence-electron chi connectivity index (χ1n) is 26.6. The second-order valence-electron chi connectivity index (χ2n) is 17.9. The summed E-state index contributed by atoms with van der Waals surface area (Å²) >= 11 is 0. The maximum atomic E-state index is 13.0. The predicted octanol–water partition coefficient (Wildman–Crippen LogP) is 12.6. The predicted molar refractivity (Wildman–Crippen MR) is 281 cm³/mol. The molecule has 0 spiro atoms. The summed E-state index contributed by atoms with van der Waals surface area (Å²) < 4.78 is 11.2. The summed E-state index contributed by atoms with van der Waals surface area (Å²) in [6, 6.07) is -0.861. The van der Waals surface area contributed by atoms with Crippen molar-refractivity contribution in [3.05, 3.63) is 109 Å². The van der Waals surface area contributed by atoms with Crippen LogP contribution >= 0.6 is 0 Å². The molecular weight excluding hydrogens is 839 g/mol. The van der Waals surface area contributed by atoms with Crippen LogP contribution in [0.2, 0.25) is 0 Å². The molecule has 7 unspecified atom stereocenters. The Morgan fingerprint density at radius 3 is 1.43 bits per heavy atom. The minimum absolute atomic E-state index is 0.231. The minimum atomic E-state index is -1.59. The first-order valence-corrected chi connectivity index (χ1v) is 26.6. The fourth-order valence-corrected chi connectivity index (χ4v) is 7.63. The molecule has 1 heterocycles. The molecule has 9 nitrogen and oxygen atoms in total. The zero-order valence-electron chi connectivity index (χ0n) is 42.1. The Bertz CT molecular complexity index is 1410. The van der Waals surface area contributed by atoms with Crippen LogP contribution in [-0.2, 0) is 14.3 Å². The van der Waals surface area contributed by atoms with Gasteiger partial charge in [-0.3, -0.25) is 4.79 Å². The van der Waals surface area contributed by atoms with E-state index in [0.717, 1.165) is 70.6 Å². The van der Waals surface area contributed by atoms with Crippen LogP contribution in [0.3, 0.4) is 0 Å². The van der Waals surface area contributed by atoms with E-state index in [0.29, 0.717) is 6.42 Å². The number of aliphatic hydroxyl groups excluding tert-OH is 5. The van der Waals surface area contributed by atoms with Crippen molar-refractivity contribution in [3.8, 4) is 0 Å². The van der Waals surface area contributed by atoms with Gasteiger partial charge in [0.25, 0.3) is 0 Å². The number of unbranched alkanes of at least 4 members (excludes halogenated alkanes) is 17. The number of hydrogen-bond acceptors (Lipinski definition) is 8. The molecule has 1 fully saturated rings. The highest BCUT2D eigenvalue weighted by molar-refractivity contribution is 5.76. The Balaban J connectivity index is 2.37. The number of nitrogens with one attached hydrogen (secondary N) is 1. The quantitative estimate of drug-likeness (QED) is 0.0261. The molecule has 0 aromatic carbocycles. The van der Waals surface area contributed by atoms with Crippen molar-refractivity contribution in [2.45, 2.75) is 236 Å². The molecule has 6 N–H and O–H groups in total. The highest BCUT2D eigenvalue weighted by atomic mass is 16.7. The Hall–Kier alpha value is -3.15. The number of hydrogen-bond donors (Lipinski definition) is 6. The van der Waals surface area contributed by atoms with Crippen LogP contribution in [0.4, 0.5) is 0 Å².